The number of aliphatic hydroxyl groups excluding tert-OH is 1. The van der Waals surface area contributed by atoms with Gasteiger partial charge in [0, 0.05) is 6.42 Å². The average Bonchev–Trinajstić information content (AvgIpc) is 2.83. The number of unbranched alkanes of at least 4 members (excludes halogenated alkanes) is 1. The van der Waals surface area contributed by atoms with Gasteiger partial charge in [0.15, 0.2) is 0 Å². The van der Waals surface area contributed by atoms with Crippen LogP contribution in [0.1, 0.15) is 66.2 Å². The van der Waals surface area contributed by atoms with Crippen LogP contribution in [0.5, 0.6) is 0 Å². The van der Waals surface area contributed by atoms with Gasteiger partial charge in [-0.1, -0.05) is 13.8 Å². The number of amides is 4. The Morgan fingerprint density at radius 1 is 0.718 bits per heavy atom. The third-order valence-corrected chi connectivity index (χ3v) is 5.76. The first-order valence-corrected chi connectivity index (χ1v) is 12.9. The van der Waals surface area contributed by atoms with Crippen LogP contribution < -0.4 is 32.7 Å². The van der Waals surface area contributed by atoms with Crippen LogP contribution in [-0.2, 0) is 28.8 Å². The van der Waals surface area contributed by atoms with E-state index in [1.165, 1.54) is 13.8 Å². The highest BCUT2D eigenvalue weighted by Crippen LogP contribution is 2.08. The molecule has 15 nitrogen and oxygen atoms in total. The summed E-state index contributed by atoms with van der Waals surface area (Å²) < 4.78 is 0. The van der Waals surface area contributed by atoms with E-state index in [4.69, 9.17) is 16.6 Å². The summed E-state index contributed by atoms with van der Waals surface area (Å²) in [6.07, 6.45) is -0.780. The maximum Gasteiger partial charge on any atom is 0.326 e. The van der Waals surface area contributed by atoms with Crippen molar-refractivity contribution < 1.29 is 44.1 Å². The van der Waals surface area contributed by atoms with Crippen LogP contribution in [0.25, 0.3) is 0 Å². The molecular weight excluding hydrogens is 516 g/mol. The molecule has 0 aliphatic carbocycles. The van der Waals surface area contributed by atoms with Crippen LogP contribution in [0.4, 0.5) is 0 Å². The van der Waals surface area contributed by atoms with Crippen LogP contribution in [0.15, 0.2) is 0 Å². The fourth-order valence-electron chi connectivity index (χ4n) is 3.43. The van der Waals surface area contributed by atoms with Gasteiger partial charge in [-0.2, -0.15) is 0 Å². The van der Waals surface area contributed by atoms with Gasteiger partial charge in [0.2, 0.25) is 23.6 Å². The lowest BCUT2D eigenvalue weighted by molar-refractivity contribution is -0.142. The van der Waals surface area contributed by atoms with Crippen molar-refractivity contribution in [1.29, 1.82) is 0 Å². The molecule has 0 spiro atoms. The quantitative estimate of drug-likeness (QED) is 0.0763. The van der Waals surface area contributed by atoms with E-state index < -0.39 is 78.3 Å². The summed E-state index contributed by atoms with van der Waals surface area (Å²) in [6.45, 7) is 6.51. The topological polar surface area (TPSA) is 263 Å². The number of carbonyl (C=O) groups excluding carboxylic acids is 4. The molecule has 0 rings (SSSR count). The number of carboxylic acids is 2. The molecule has 0 saturated carbocycles. The Balaban J connectivity index is 5.67. The molecule has 0 aromatic heterocycles. The minimum Gasteiger partial charge on any atom is -0.481 e. The van der Waals surface area contributed by atoms with Gasteiger partial charge in [-0.3, -0.25) is 24.0 Å². The van der Waals surface area contributed by atoms with E-state index in [1.54, 1.807) is 13.8 Å². The number of carboxylic acid groups (broad SMARTS) is 2. The van der Waals surface area contributed by atoms with Crippen molar-refractivity contribution in [2.24, 2.45) is 17.4 Å². The molecule has 0 aliphatic heterocycles. The summed E-state index contributed by atoms with van der Waals surface area (Å²) in [5.74, 6) is -5.77. The average molecular weight is 561 g/mol. The molecule has 4 amide bonds. The lowest BCUT2D eigenvalue weighted by Crippen LogP contribution is -2.58. The Hall–Kier alpha value is -3.30. The first-order valence-electron chi connectivity index (χ1n) is 12.9. The SMILES string of the molecule is CC(C)C[C@H](NC(=O)[C@H](CCCCN)NC(=O)[C@H](CCC(=O)O)NC(=O)[C@H](C)NC(=O)[C@@H](N)[C@@H](C)O)C(=O)O. The smallest absolute Gasteiger partial charge is 0.326 e. The largest absolute Gasteiger partial charge is 0.481 e. The third-order valence-electron chi connectivity index (χ3n) is 5.76. The second-order valence-corrected chi connectivity index (χ2v) is 9.86. The number of hydrogen-bond acceptors (Lipinski definition) is 9. The molecule has 0 fully saturated rings. The normalized spacial score (nSPS) is 15.7. The number of aliphatic carboxylic acids is 2. The number of nitrogens with one attached hydrogen (secondary N) is 4. The first-order chi connectivity index (χ1) is 18.1. The van der Waals surface area contributed by atoms with Crippen LogP contribution in [0.2, 0.25) is 0 Å². The minimum atomic E-state index is -1.39. The zero-order chi connectivity index (χ0) is 30.3. The second kappa shape index (κ2) is 18.1. The van der Waals surface area contributed by atoms with Crippen molar-refractivity contribution in [1.82, 2.24) is 21.3 Å². The lowest BCUT2D eigenvalue weighted by atomic mass is 10.0. The van der Waals surface area contributed by atoms with Crippen molar-refractivity contribution in [3.63, 3.8) is 0 Å². The second-order valence-electron chi connectivity index (χ2n) is 9.86. The summed E-state index contributed by atoms with van der Waals surface area (Å²) in [6, 6.07) is -6.26. The van der Waals surface area contributed by atoms with Gasteiger partial charge in [0.05, 0.1) is 6.10 Å². The third kappa shape index (κ3) is 14.4. The van der Waals surface area contributed by atoms with E-state index in [1.807, 2.05) is 0 Å². The van der Waals surface area contributed by atoms with Gasteiger partial charge < -0.3 is 48.1 Å². The van der Waals surface area contributed by atoms with E-state index >= 15 is 0 Å². The zero-order valence-corrected chi connectivity index (χ0v) is 22.9. The molecule has 0 saturated heterocycles. The molecule has 6 atom stereocenters. The lowest BCUT2D eigenvalue weighted by Gasteiger charge is -2.26. The summed E-state index contributed by atoms with van der Waals surface area (Å²) >= 11 is 0. The standard InChI is InChI=1S/C24H44N6O9/c1-12(2)11-17(24(38)39)30-21(35)15(7-5-6-10-25)29-22(36)16(8-9-18(32)33)28-20(34)13(3)27-23(37)19(26)14(4)31/h12-17,19,31H,5-11,25-26H2,1-4H3,(H,27,37)(H,28,34)(H,29,36)(H,30,35)(H,32,33)(H,38,39)/t13-,14+,15-,16-,17-,19-/m0/s1. The molecule has 0 bridgehead atoms. The number of hydrogen-bond donors (Lipinski definition) is 9. The Labute approximate surface area is 227 Å². The van der Waals surface area contributed by atoms with Gasteiger partial charge in [0.25, 0.3) is 0 Å². The molecular formula is C24H44N6O9. The van der Waals surface area contributed by atoms with Crippen molar-refractivity contribution in [3.05, 3.63) is 0 Å². The highest BCUT2D eigenvalue weighted by Gasteiger charge is 2.31. The maximum absolute atomic E-state index is 13.1. The molecule has 224 valence electrons. The van der Waals surface area contributed by atoms with E-state index in [9.17, 15) is 39.0 Å². The van der Waals surface area contributed by atoms with Gasteiger partial charge >= 0.3 is 11.9 Å². The number of aliphatic hydroxyl groups is 1. The Morgan fingerprint density at radius 2 is 1.23 bits per heavy atom. The molecule has 0 aliphatic rings. The van der Waals surface area contributed by atoms with Gasteiger partial charge in [-0.15, -0.1) is 0 Å². The summed E-state index contributed by atoms with van der Waals surface area (Å²) in [5.41, 5.74) is 11.1. The molecule has 0 aromatic rings. The molecule has 39 heavy (non-hydrogen) atoms. The molecule has 15 heteroatoms. The van der Waals surface area contributed by atoms with Crippen molar-refractivity contribution in [2.75, 3.05) is 6.54 Å². The number of nitrogens with two attached hydrogens (primary N) is 2. The summed E-state index contributed by atoms with van der Waals surface area (Å²) in [7, 11) is 0. The van der Waals surface area contributed by atoms with Gasteiger partial charge in [-0.05, 0) is 58.4 Å². The van der Waals surface area contributed by atoms with Crippen LogP contribution in [0, 0.1) is 5.92 Å². The summed E-state index contributed by atoms with van der Waals surface area (Å²) in [5, 5.41) is 37.6. The van der Waals surface area contributed by atoms with Crippen LogP contribution >= 0.6 is 0 Å². The monoisotopic (exact) mass is 560 g/mol. The molecule has 0 heterocycles. The Kier molecular flexibility index (Phi) is 16.5. The van der Waals surface area contributed by atoms with Gasteiger partial charge in [-0.25, -0.2) is 4.79 Å². The molecule has 0 unspecified atom stereocenters. The predicted octanol–water partition coefficient (Wildman–Crippen LogP) is -2.22. The van der Waals surface area contributed by atoms with Crippen molar-refractivity contribution >= 4 is 35.6 Å². The zero-order valence-electron chi connectivity index (χ0n) is 22.9. The van der Waals surface area contributed by atoms with Crippen molar-refractivity contribution in [2.45, 2.75) is 103 Å². The molecule has 11 N–H and O–H groups in total. The fourth-order valence-corrected chi connectivity index (χ4v) is 3.43. The molecule has 0 radical (unpaired) electrons. The number of rotatable bonds is 19. The fraction of sp³-hybridized carbons (Fsp3) is 0.750. The van der Waals surface area contributed by atoms with Crippen molar-refractivity contribution in [3.8, 4) is 0 Å². The highest BCUT2D eigenvalue weighted by atomic mass is 16.4. The highest BCUT2D eigenvalue weighted by molar-refractivity contribution is 5.95. The first kappa shape index (κ1) is 35.7. The minimum absolute atomic E-state index is 0.0371. The maximum atomic E-state index is 13.1. The Morgan fingerprint density at radius 3 is 1.69 bits per heavy atom. The van der Waals surface area contributed by atoms with Crippen LogP contribution in [-0.4, -0.2) is 93.7 Å². The predicted molar refractivity (Wildman–Crippen MR) is 140 cm³/mol. The number of carbonyl (C=O) groups is 6. The summed E-state index contributed by atoms with van der Waals surface area (Å²) in [4.78, 5) is 73.5. The van der Waals surface area contributed by atoms with E-state index in [0.717, 1.165) is 0 Å². The van der Waals surface area contributed by atoms with Gasteiger partial charge in [0.1, 0.15) is 30.2 Å². The molecule has 0 aromatic carbocycles. The van der Waals surface area contributed by atoms with E-state index in [2.05, 4.69) is 21.3 Å². The Bertz CT molecular complexity index is 852. The van der Waals surface area contributed by atoms with E-state index in [-0.39, 0.29) is 25.2 Å². The van der Waals surface area contributed by atoms with Crippen LogP contribution in [0.3, 0.4) is 0 Å². The van der Waals surface area contributed by atoms with E-state index in [0.29, 0.717) is 19.4 Å².